The Bertz CT molecular complexity index is 2590. The summed E-state index contributed by atoms with van der Waals surface area (Å²) >= 11 is 1.86. The molecule has 1 aliphatic carbocycles. The number of nitrogens with zero attached hydrogens (tertiary/aromatic N) is 1. The minimum absolute atomic E-state index is 0.207. The van der Waals surface area contributed by atoms with Crippen LogP contribution in [0, 0.1) is 0 Å². The quantitative estimate of drug-likeness (QED) is 0.199. The third kappa shape index (κ3) is 3.81. The number of thiophene rings is 1. The average Bonchev–Trinajstić information content (AvgIpc) is 3.77. The molecule has 3 heteroatoms. The third-order valence-electron chi connectivity index (χ3n) is 9.56. The number of hydrogen-bond donors (Lipinski definition) is 0. The smallest absolute Gasteiger partial charge is 0.135 e. The van der Waals surface area contributed by atoms with Crippen molar-refractivity contribution in [1.82, 2.24) is 4.57 Å². The SMILES string of the molecule is C1=CC(n2c3ccccc3c3ccccc32)Cc2c1oc1ccc(-c3cccc(-c4ccc5sc6ccccc6c5c4)c3)cc21. The van der Waals surface area contributed by atoms with Crippen LogP contribution >= 0.6 is 11.3 Å². The molecule has 0 aliphatic heterocycles. The Morgan fingerprint density at radius 3 is 1.93 bits per heavy atom. The number of rotatable bonds is 3. The standard InChI is InChI=1S/C42H27NOS/c1-4-13-37-31(10-1)32-11-2-5-14-38(32)43(37)30-18-20-40-35(25-30)34-23-28(16-19-39(34)44-40)26-8-7-9-27(22-26)29-17-21-42-36(24-29)33-12-3-6-15-41(33)45-42/h1-24,30H,25H2. The number of para-hydroxylation sites is 2. The molecule has 0 amide bonds. The Labute approximate surface area is 264 Å². The van der Waals surface area contributed by atoms with Gasteiger partial charge in [0.25, 0.3) is 0 Å². The lowest BCUT2D eigenvalue weighted by atomic mass is 9.94. The van der Waals surface area contributed by atoms with Crippen LogP contribution in [0.3, 0.4) is 0 Å². The number of hydrogen-bond acceptors (Lipinski definition) is 2. The van der Waals surface area contributed by atoms with E-state index < -0.39 is 0 Å². The van der Waals surface area contributed by atoms with Gasteiger partial charge in [-0.05, 0) is 76.9 Å². The Hall–Kier alpha value is -5.38. The van der Waals surface area contributed by atoms with Crippen LogP contribution < -0.4 is 0 Å². The fourth-order valence-electron chi connectivity index (χ4n) is 7.44. The molecule has 2 nitrogen and oxygen atoms in total. The molecular formula is C42H27NOS. The van der Waals surface area contributed by atoms with Crippen LogP contribution in [0.15, 0.2) is 144 Å². The van der Waals surface area contributed by atoms with Crippen molar-refractivity contribution in [2.45, 2.75) is 12.5 Å². The first-order valence-electron chi connectivity index (χ1n) is 15.5. The predicted octanol–water partition coefficient (Wildman–Crippen LogP) is 12.1. The van der Waals surface area contributed by atoms with Crippen molar-refractivity contribution < 1.29 is 4.42 Å². The van der Waals surface area contributed by atoms with Gasteiger partial charge in [0.1, 0.15) is 11.3 Å². The van der Waals surface area contributed by atoms with Crippen molar-refractivity contribution in [3.8, 4) is 22.3 Å². The topological polar surface area (TPSA) is 18.1 Å². The van der Waals surface area contributed by atoms with Gasteiger partial charge in [-0.2, -0.15) is 0 Å². The maximum absolute atomic E-state index is 6.39. The van der Waals surface area contributed by atoms with E-state index in [1.54, 1.807) is 0 Å². The molecule has 10 rings (SSSR count). The summed E-state index contributed by atoms with van der Waals surface area (Å²) in [6.07, 6.45) is 5.37. The number of furan rings is 1. The Morgan fingerprint density at radius 2 is 1.16 bits per heavy atom. The highest BCUT2D eigenvalue weighted by molar-refractivity contribution is 7.25. The molecule has 0 radical (unpaired) electrons. The van der Waals surface area contributed by atoms with Crippen LogP contribution in [0.25, 0.3) is 81.3 Å². The van der Waals surface area contributed by atoms with E-state index in [-0.39, 0.29) is 6.04 Å². The molecule has 0 saturated carbocycles. The lowest BCUT2D eigenvalue weighted by molar-refractivity contribution is 0.572. The predicted molar refractivity (Wildman–Crippen MR) is 191 cm³/mol. The lowest BCUT2D eigenvalue weighted by Crippen LogP contribution is -2.12. The van der Waals surface area contributed by atoms with E-state index in [2.05, 4.69) is 150 Å². The van der Waals surface area contributed by atoms with Gasteiger partial charge in [0.05, 0.1) is 6.04 Å². The van der Waals surface area contributed by atoms with Crippen LogP contribution in [0.5, 0.6) is 0 Å². The first-order valence-corrected chi connectivity index (χ1v) is 16.3. The van der Waals surface area contributed by atoms with Crippen molar-refractivity contribution in [1.29, 1.82) is 0 Å². The monoisotopic (exact) mass is 593 g/mol. The van der Waals surface area contributed by atoms with Crippen molar-refractivity contribution in [3.63, 3.8) is 0 Å². The lowest BCUT2D eigenvalue weighted by Gasteiger charge is -2.21. The van der Waals surface area contributed by atoms with Crippen LogP contribution in [0.1, 0.15) is 17.4 Å². The summed E-state index contributed by atoms with van der Waals surface area (Å²) < 4.78 is 11.6. The molecule has 0 fully saturated rings. The maximum atomic E-state index is 6.39. The molecule has 212 valence electrons. The molecule has 1 atom stereocenters. The fraction of sp³-hybridized carbons (Fsp3) is 0.0476. The van der Waals surface area contributed by atoms with Crippen molar-refractivity contribution in [2.75, 3.05) is 0 Å². The fourth-order valence-corrected chi connectivity index (χ4v) is 8.53. The van der Waals surface area contributed by atoms with Gasteiger partial charge in [-0.25, -0.2) is 0 Å². The number of benzene rings is 6. The Morgan fingerprint density at radius 1 is 0.533 bits per heavy atom. The number of aromatic nitrogens is 1. The normalized spacial score (nSPS) is 14.7. The summed E-state index contributed by atoms with van der Waals surface area (Å²) in [7, 11) is 0. The molecule has 45 heavy (non-hydrogen) atoms. The molecule has 3 heterocycles. The van der Waals surface area contributed by atoms with Crippen molar-refractivity contribution in [2.24, 2.45) is 0 Å². The van der Waals surface area contributed by atoms with Gasteiger partial charge in [0.15, 0.2) is 0 Å². The van der Waals surface area contributed by atoms with Crippen molar-refractivity contribution >= 4 is 70.4 Å². The van der Waals surface area contributed by atoms with Gasteiger partial charge in [0.2, 0.25) is 0 Å². The second-order valence-electron chi connectivity index (χ2n) is 12.1. The zero-order valence-electron chi connectivity index (χ0n) is 24.4. The first kappa shape index (κ1) is 25.0. The van der Waals surface area contributed by atoms with Gasteiger partial charge < -0.3 is 8.98 Å². The minimum atomic E-state index is 0.207. The second-order valence-corrected chi connectivity index (χ2v) is 13.2. The molecule has 6 aromatic carbocycles. The van der Waals surface area contributed by atoms with E-state index in [1.807, 2.05) is 11.3 Å². The molecule has 9 aromatic rings. The highest BCUT2D eigenvalue weighted by atomic mass is 32.1. The van der Waals surface area contributed by atoms with E-state index in [1.165, 1.54) is 75.2 Å². The zero-order chi connectivity index (χ0) is 29.5. The van der Waals surface area contributed by atoms with Gasteiger partial charge in [-0.15, -0.1) is 11.3 Å². The molecule has 3 aromatic heterocycles. The zero-order valence-corrected chi connectivity index (χ0v) is 25.2. The van der Waals surface area contributed by atoms with E-state index in [4.69, 9.17) is 4.42 Å². The van der Waals surface area contributed by atoms with Gasteiger partial charge >= 0.3 is 0 Å². The van der Waals surface area contributed by atoms with Gasteiger partial charge in [-0.3, -0.25) is 0 Å². The summed E-state index contributed by atoms with van der Waals surface area (Å²) in [6, 6.07) is 48.9. The molecule has 0 saturated heterocycles. The minimum Gasteiger partial charge on any atom is -0.456 e. The van der Waals surface area contributed by atoms with Crippen LogP contribution in [-0.2, 0) is 6.42 Å². The first-order chi connectivity index (χ1) is 22.3. The molecule has 1 unspecified atom stereocenters. The summed E-state index contributed by atoms with van der Waals surface area (Å²) in [5.74, 6) is 0.976. The highest BCUT2D eigenvalue weighted by Crippen LogP contribution is 2.41. The summed E-state index contributed by atoms with van der Waals surface area (Å²) in [5.41, 5.74) is 9.67. The average molecular weight is 594 g/mol. The third-order valence-corrected chi connectivity index (χ3v) is 10.7. The largest absolute Gasteiger partial charge is 0.456 e. The summed E-state index contributed by atoms with van der Waals surface area (Å²) in [4.78, 5) is 0. The van der Waals surface area contributed by atoms with Crippen LogP contribution in [-0.4, -0.2) is 4.57 Å². The van der Waals surface area contributed by atoms with E-state index in [0.29, 0.717) is 0 Å². The van der Waals surface area contributed by atoms with Gasteiger partial charge in [0, 0.05) is 59.3 Å². The Kier molecular flexibility index (Phi) is 5.31. The number of allylic oxidation sites excluding steroid dienone is 1. The second kappa shape index (κ2) is 9.56. The van der Waals surface area contributed by atoms with E-state index in [9.17, 15) is 0 Å². The summed E-state index contributed by atoms with van der Waals surface area (Å²) in [6.45, 7) is 0. The molecule has 0 N–H and O–H groups in total. The summed E-state index contributed by atoms with van der Waals surface area (Å²) in [5, 5.41) is 6.47. The molecular weight excluding hydrogens is 567 g/mol. The van der Waals surface area contributed by atoms with Crippen LogP contribution in [0.4, 0.5) is 0 Å². The van der Waals surface area contributed by atoms with Crippen molar-refractivity contribution in [3.05, 3.63) is 151 Å². The highest BCUT2D eigenvalue weighted by Gasteiger charge is 2.24. The molecule has 1 aliphatic rings. The maximum Gasteiger partial charge on any atom is 0.135 e. The van der Waals surface area contributed by atoms with E-state index >= 15 is 0 Å². The van der Waals surface area contributed by atoms with Gasteiger partial charge in [-0.1, -0.05) is 91.0 Å². The number of fused-ring (bicyclic) bond motifs is 9. The van der Waals surface area contributed by atoms with E-state index in [0.717, 1.165) is 17.8 Å². The van der Waals surface area contributed by atoms with Crippen LogP contribution in [0.2, 0.25) is 0 Å². The molecule has 0 bridgehead atoms. The Balaban J connectivity index is 1.05. The molecule has 0 spiro atoms.